The van der Waals surface area contributed by atoms with E-state index in [0.717, 1.165) is 21.7 Å². The van der Waals surface area contributed by atoms with Gasteiger partial charge in [0.15, 0.2) is 5.13 Å². The van der Waals surface area contributed by atoms with E-state index in [0.29, 0.717) is 0 Å². The Labute approximate surface area is 122 Å². The van der Waals surface area contributed by atoms with E-state index >= 15 is 0 Å². The number of halogens is 1. The van der Waals surface area contributed by atoms with E-state index in [1.807, 2.05) is 23.5 Å². The molecule has 0 amide bonds. The first-order valence-corrected chi connectivity index (χ1v) is 7.98. The van der Waals surface area contributed by atoms with E-state index in [-0.39, 0.29) is 0 Å². The molecule has 1 N–H and O–H groups in total. The quantitative estimate of drug-likeness (QED) is 0.723. The summed E-state index contributed by atoms with van der Waals surface area (Å²) in [7, 11) is 0. The second kappa shape index (κ2) is 4.99. The predicted molar refractivity (Wildman–Crippen MR) is 83.7 cm³/mol. The summed E-state index contributed by atoms with van der Waals surface area (Å²) < 4.78 is 2.28. The van der Waals surface area contributed by atoms with Crippen LogP contribution in [0.2, 0.25) is 0 Å². The lowest BCUT2D eigenvalue weighted by molar-refractivity contribution is 1.18. The van der Waals surface area contributed by atoms with E-state index in [4.69, 9.17) is 0 Å². The zero-order valence-electron chi connectivity index (χ0n) is 9.74. The smallest absolute Gasteiger partial charge is 0.184 e. The summed E-state index contributed by atoms with van der Waals surface area (Å²) in [5.74, 6) is 0. The molecule has 0 spiro atoms. The molecule has 2 aromatic heterocycles. The minimum Gasteiger partial charge on any atom is -0.357 e. The highest BCUT2D eigenvalue weighted by molar-refractivity contribution is 9.10. The highest BCUT2D eigenvalue weighted by Crippen LogP contribution is 2.28. The Morgan fingerprint density at radius 2 is 2.11 bits per heavy atom. The second-order valence-corrected chi connectivity index (χ2v) is 7.32. The van der Waals surface area contributed by atoms with Gasteiger partial charge < -0.3 is 5.32 Å². The summed E-state index contributed by atoms with van der Waals surface area (Å²) in [6, 6.07) is 10.5. The molecule has 0 fully saturated rings. The molecule has 0 radical (unpaired) electrons. The number of rotatable bonds is 3. The highest BCUT2D eigenvalue weighted by Gasteiger charge is 2.04. The van der Waals surface area contributed by atoms with Gasteiger partial charge in [-0.3, -0.25) is 0 Å². The van der Waals surface area contributed by atoms with Crippen LogP contribution in [-0.2, 0) is 6.54 Å². The van der Waals surface area contributed by atoms with Gasteiger partial charge in [0, 0.05) is 14.2 Å². The lowest BCUT2D eigenvalue weighted by Crippen LogP contribution is -1.95. The zero-order chi connectivity index (χ0) is 12.5. The number of hydrogen-bond donors (Lipinski definition) is 1. The molecule has 3 aromatic rings. The number of aromatic nitrogens is 1. The minimum atomic E-state index is 0.847. The van der Waals surface area contributed by atoms with E-state index in [2.05, 4.69) is 51.4 Å². The van der Waals surface area contributed by atoms with Gasteiger partial charge in [0.05, 0.1) is 16.8 Å². The van der Waals surface area contributed by atoms with Crippen molar-refractivity contribution >= 4 is 54.0 Å². The van der Waals surface area contributed by atoms with Gasteiger partial charge in [0.1, 0.15) is 0 Å². The van der Waals surface area contributed by atoms with Gasteiger partial charge >= 0.3 is 0 Å². The van der Waals surface area contributed by atoms with Crippen LogP contribution >= 0.6 is 38.6 Å². The number of nitrogens with zero attached hydrogens (tertiary/aromatic N) is 1. The Kier molecular flexibility index (Phi) is 3.37. The molecule has 0 aliphatic carbocycles. The number of benzene rings is 1. The first kappa shape index (κ1) is 12.1. The fourth-order valence-electron chi connectivity index (χ4n) is 1.72. The number of thiophene rings is 1. The Morgan fingerprint density at radius 3 is 2.89 bits per heavy atom. The molecule has 0 saturated heterocycles. The lowest BCUT2D eigenvalue weighted by atomic mass is 10.3. The van der Waals surface area contributed by atoms with Crippen LogP contribution in [-0.4, -0.2) is 4.98 Å². The second-order valence-electron chi connectivity index (χ2n) is 4.00. The molecule has 0 aliphatic heterocycles. The molecule has 0 saturated carbocycles. The van der Waals surface area contributed by atoms with Gasteiger partial charge in [-0.1, -0.05) is 27.3 Å². The van der Waals surface area contributed by atoms with Crippen LogP contribution in [0.4, 0.5) is 5.13 Å². The van der Waals surface area contributed by atoms with E-state index in [1.54, 1.807) is 11.3 Å². The third-order valence-corrected chi connectivity index (χ3v) is 5.05. The van der Waals surface area contributed by atoms with Gasteiger partial charge in [-0.25, -0.2) is 4.98 Å². The van der Waals surface area contributed by atoms with Crippen LogP contribution in [0, 0.1) is 6.92 Å². The fraction of sp³-hybridized carbons (Fsp3) is 0.154. The third-order valence-electron chi connectivity index (χ3n) is 2.56. The van der Waals surface area contributed by atoms with Crippen molar-refractivity contribution in [3.63, 3.8) is 0 Å². The van der Waals surface area contributed by atoms with Crippen molar-refractivity contribution in [2.75, 3.05) is 5.32 Å². The lowest BCUT2D eigenvalue weighted by Gasteiger charge is -1.98. The standard InChI is InChI=1S/C13H11BrN2S2/c1-8-2-4-10(17-8)7-15-13-16-11-6-9(14)3-5-12(11)18-13/h2-6H,7H2,1H3,(H,15,16). The predicted octanol–water partition coefficient (Wildman–Crippen LogP) is 5.04. The van der Waals surface area contributed by atoms with Crippen molar-refractivity contribution < 1.29 is 0 Å². The molecule has 0 unspecified atom stereocenters. The molecule has 5 heteroatoms. The normalized spacial score (nSPS) is 11.0. The first-order chi connectivity index (χ1) is 8.70. The molecule has 18 heavy (non-hydrogen) atoms. The molecular formula is C13H11BrN2S2. The fourth-order valence-corrected chi connectivity index (χ4v) is 3.74. The zero-order valence-corrected chi connectivity index (χ0v) is 13.0. The van der Waals surface area contributed by atoms with Crippen molar-refractivity contribution in [1.82, 2.24) is 4.98 Å². The van der Waals surface area contributed by atoms with Crippen LogP contribution in [0.5, 0.6) is 0 Å². The summed E-state index contributed by atoms with van der Waals surface area (Å²) in [5, 5.41) is 4.37. The molecule has 0 atom stereocenters. The van der Waals surface area contributed by atoms with E-state index in [1.165, 1.54) is 14.5 Å². The first-order valence-electron chi connectivity index (χ1n) is 5.56. The molecule has 0 aliphatic rings. The third kappa shape index (κ3) is 2.58. The monoisotopic (exact) mass is 338 g/mol. The van der Waals surface area contributed by atoms with Crippen LogP contribution in [0.3, 0.4) is 0 Å². The van der Waals surface area contributed by atoms with Crippen molar-refractivity contribution in [3.8, 4) is 0 Å². The Hall–Kier alpha value is -0.910. The van der Waals surface area contributed by atoms with Crippen LogP contribution in [0.15, 0.2) is 34.8 Å². The van der Waals surface area contributed by atoms with Gasteiger partial charge in [-0.15, -0.1) is 11.3 Å². The van der Waals surface area contributed by atoms with Crippen molar-refractivity contribution in [3.05, 3.63) is 44.6 Å². The summed E-state index contributed by atoms with van der Waals surface area (Å²) >= 11 is 6.98. The molecule has 1 aromatic carbocycles. The van der Waals surface area contributed by atoms with Crippen LogP contribution in [0.1, 0.15) is 9.75 Å². The maximum atomic E-state index is 4.58. The minimum absolute atomic E-state index is 0.847. The summed E-state index contributed by atoms with van der Waals surface area (Å²) in [6.45, 7) is 2.98. The van der Waals surface area contributed by atoms with E-state index < -0.39 is 0 Å². The van der Waals surface area contributed by atoms with Crippen molar-refractivity contribution in [2.45, 2.75) is 13.5 Å². The maximum absolute atomic E-state index is 4.58. The Balaban J connectivity index is 1.78. The molecule has 2 heterocycles. The SMILES string of the molecule is Cc1ccc(CNc2nc3cc(Br)ccc3s2)s1. The Morgan fingerprint density at radius 1 is 1.22 bits per heavy atom. The number of nitrogens with one attached hydrogen (secondary N) is 1. The molecule has 3 rings (SSSR count). The topological polar surface area (TPSA) is 24.9 Å². The number of thiazole rings is 1. The number of aryl methyl sites for hydroxylation is 1. The van der Waals surface area contributed by atoms with Gasteiger partial charge in [-0.05, 0) is 37.3 Å². The molecular weight excluding hydrogens is 328 g/mol. The van der Waals surface area contributed by atoms with Gasteiger partial charge in [-0.2, -0.15) is 0 Å². The van der Waals surface area contributed by atoms with Crippen molar-refractivity contribution in [1.29, 1.82) is 0 Å². The largest absolute Gasteiger partial charge is 0.357 e. The van der Waals surface area contributed by atoms with Gasteiger partial charge in [0.25, 0.3) is 0 Å². The number of fused-ring (bicyclic) bond motifs is 1. The van der Waals surface area contributed by atoms with Crippen molar-refractivity contribution in [2.24, 2.45) is 0 Å². The Bertz CT molecular complexity index is 687. The average Bonchev–Trinajstić information content (AvgIpc) is 2.92. The molecule has 0 bridgehead atoms. The highest BCUT2D eigenvalue weighted by atomic mass is 79.9. The molecule has 2 nitrogen and oxygen atoms in total. The number of anilines is 1. The maximum Gasteiger partial charge on any atom is 0.184 e. The number of hydrogen-bond acceptors (Lipinski definition) is 4. The molecule has 92 valence electrons. The van der Waals surface area contributed by atoms with E-state index in [9.17, 15) is 0 Å². The van der Waals surface area contributed by atoms with Crippen LogP contribution in [0.25, 0.3) is 10.2 Å². The summed E-state index contributed by atoms with van der Waals surface area (Å²) in [4.78, 5) is 7.27. The summed E-state index contributed by atoms with van der Waals surface area (Å²) in [6.07, 6.45) is 0. The summed E-state index contributed by atoms with van der Waals surface area (Å²) in [5.41, 5.74) is 1.04. The van der Waals surface area contributed by atoms with Crippen LogP contribution < -0.4 is 5.32 Å². The average molecular weight is 339 g/mol. The van der Waals surface area contributed by atoms with Gasteiger partial charge in [0.2, 0.25) is 0 Å².